The van der Waals surface area contributed by atoms with E-state index in [0.29, 0.717) is 0 Å². The molecule has 1 N–H and O–H groups in total. The summed E-state index contributed by atoms with van der Waals surface area (Å²) in [5.41, 5.74) is 1.00. The second-order valence-corrected chi connectivity index (χ2v) is 5.21. The average molecular weight is 273 g/mol. The van der Waals surface area contributed by atoms with Crippen LogP contribution in [0.1, 0.15) is 5.56 Å². The van der Waals surface area contributed by atoms with Crippen LogP contribution in [-0.2, 0) is 6.54 Å². The lowest BCUT2D eigenvalue weighted by Gasteiger charge is -2.38. The van der Waals surface area contributed by atoms with Crippen LogP contribution in [-0.4, -0.2) is 54.2 Å². The molecule has 5 heteroatoms. The summed E-state index contributed by atoms with van der Waals surface area (Å²) in [6.45, 7) is 3.60. The van der Waals surface area contributed by atoms with Crippen LogP contribution in [0.15, 0.2) is 18.2 Å². The molecule has 0 bridgehead atoms. The third-order valence-electron chi connectivity index (χ3n) is 3.46. The zero-order chi connectivity index (χ0) is 13.1. The molecule has 2 rings (SSSR count). The van der Waals surface area contributed by atoms with Crippen molar-refractivity contribution in [3.63, 3.8) is 0 Å². The summed E-state index contributed by atoms with van der Waals surface area (Å²) in [7, 11) is 2.02. The van der Waals surface area contributed by atoms with Gasteiger partial charge in [0.15, 0.2) is 0 Å². The van der Waals surface area contributed by atoms with Gasteiger partial charge in [-0.1, -0.05) is 17.7 Å². The Hall–Kier alpha value is -0.680. The van der Waals surface area contributed by atoms with Crippen LogP contribution in [0, 0.1) is 5.82 Å². The van der Waals surface area contributed by atoms with Crippen molar-refractivity contribution in [2.24, 2.45) is 0 Å². The molecule has 0 saturated carbocycles. The van der Waals surface area contributed by atoms with E-state index < -0.39 is 0 Å². The maximum atomic E-state index is 13.1. The standard InChI is InChI=1S/C13H18ClFN2O/c1-16-4-5-17(8-11(16)9-18)7-10-2-3-13(15)12(14)6-10/h2-3,6,11,18H,4-5,7-9H2,1H3/t11-/m1/s1. The van der Waals surface area contributed by atoms with E-state index in [1.165, 1.54) is 6.07 Å². The maximum absolute atomic E-state index is 13.1. The molecule has 1 saturated heterocycles. The van der Waals surface area contributed by atoms with Crippen molar-refractivity contribution in [2.45, 2.75) is 12.6 Å². The molecule has 3 nitrogen and oxygen atoms in total. The van der Waals surface area contributed by atoms with Crippen LogP contribution in [0.4, 0.5) is 4.39 Å². The maximum Gasteiger partial charge on any atom is 0.141 e. The van der Waals surface area contributed by atoms with Crippen molar-refractivity contribution in [1.29, 1.82) is 0 Å². The summed E-state index contributed by atoms with van der Waals surface area (Å²) in [6, 6.07) is 5.00. The summed E-state index contributed by atoms with van der Waals surface area (Å²) in [5, 5.41) is 9.45. The Bertz CT molecular complexity index is 416. The molecule has 0 spiro atoms. The lowest BCUT2D eigenvalue weighted by atomic mass is 10.1. The Balaban J connectivity index is 1.99. The highest BCUT2D eigenvalue weighted by Crippen LogP contribution is 2.18. The topological polar surface area (TPSA) is 26.7 Å². The third-order valence-corrected chi connectivity index (χ3v) is 3.75. The lowest BCUT2D eigenvalue weighted by Crippen LogP contribution is -2.52. The molecule has 1 aliphatic rings. The van der Waals surface area contributed by atoms with E-state index in [1.807, 2.05) is 7.05 Å². The molecule has 0 aromatic heterocycles. The zero-order valence-electron chi connectivity index (χ0n) is 10.4. The fraction of sp³-hybridized carbons (Fsp3) is 0.538. The molecule has 1 heterocycles. The monoisotopic (exact) mass is 272 g/mol. The number of hydrogen-bond acceptors (Lipinski definition) is 3. The van der Waals surface area contributed by atoms with Crippen LogP contribution >= 0.6 is 11.6 Å². The summed E-state index contributed by atoms with van der Waals surface area (Å²) < 4.78 is 13.1. The second-order valence-electron chi connectivity index (χ2n) is 4.80. The van der Waals surface area contributed by atoms with Crippen molar-refractivity contribution in [3.05, 3.63) is 34.6 Å². The summed E-state index contributed by atoms with van der Waals surface area (Å²) in [6.07, 6.45) is 0. The highest BCUT2D eigenvalue weighted by Gasteiger charge is 2.23. The van der Waals surface area contributed by atoms with Crippen molar-refractivity contribution in [2.75, 3.05) is 33.3 Å². The SMILES string of the molecule is CN1CCN(Cc2ccc(F)c(Cl)c2)C[C@@H]1CO. The van der Waals surface area contributed by atoms with Crippen molar-refractivity contribution in [1.82, 2.24) is 9.80 Å². The Labute approximate surface area is 112 Å². The van der Waals surface area contributed by atoms with Gasteiger partial charge in [0.25, 0.3) is 0 Å². The van der Waals surface area contributed by atoms with Crippen molar-refractivity contribution < 1.29 is 9.50 Å². The number of benzene rings is 1. The molecule has 1 aromatic rings. The van der Waals surface area contributed by atoms with E-state index in [2.05, 4.69) is 9.80 Å². The summed E-state index contributed by atoms with van der Waals surface area (Å²) in [5.74, 6) is -0.382. The van der Waals surface area contributed by atoms with E-state index in [0.717, 1.165) is 31.7 Å². The fourth-order valence-corrected chi connectivity index (χ4v) is 2.45. The number of likely N-dealkylation sites (N-methyl/N-ethyl adjacent to an activating group) is 1. The van der Waals surface area contributed by atoms with E-state index in [-0.39, 0.29) is 23.5 Å². The Morgan fingerprint density at radius 1 is 1.44 bits per heavy atom. The van der Waals surface area contributed by atoms with Gasteiger partial charge in [0.05, 0.1) is 11.6 Å². The fourth-order valence-electron chi connectivity index (χ4n) is 2.25. The predicted molar refractivity (Wildman–Crippen MR) is 70.2 cm³/mol. The van der Waals surface area contributed by atoms with Crippen LogP contribution in [0.5, 0.6) is 0 Å². The Kier molecular flexibility index (Phi) is 4.56. The second kappa shape index (κ2) is 5.97. The number of nitrogens with zero attached hydrogens (tertiary/aromatic N) is 2. The zero-order valence-corrected chi connectivity index (χ0v) is 11.2. The average Bonchev–Trinajstić information content (AvgIpc) is 2.36. The number of piperazine rings is 1. The van der Waals surface area contributed by atoms with Crippen molar-refractivity contribution in [3.8, 4) is 0 Å². The van der Waals surface area contributed by atoms with Crippen LogP contribution < -0.4 is 0 Å². The number of aliphatic hydroxyl groups excluding tert-OH is 1. The molecule has 0 amide bonds. The predicted octanol–water partition coefficient (Wildman–Crippen LogP) is 1.59. The van der Waals surface area contributed by atoms with Crippen LogP contribution in [0.25, 0.3) is 0 Å². The van der Waals surface area contributed by atoms with Gasteiger partial charge in [-0.3, -0.25) is 9.80 Å². The van der Waals surface area contributed by atoms with Crippen LogP contribution in [0.2, 0.25) is 5.02 Å². The normalized spacial score (nSPS) is 22.3. The first kappa shape index (κ1) is 13.7. The quantitative estimate of drug-likeness (QED) is 0.905. The number of hydrogen-bond donors (Lipinski definition) is 1. The van der Waals surface area contributed by atoms with E-state index >= 15 is 0 Å². The number of rotatable bonds is 3. The van der Waals surface area contributed by atoms with Gasteiger partial charge < -0.3 is 5.11 Å². The molecule has 1 aliphatic heterocycles. The molecule has 0 aliphatic carbocycles. The van der Waals surface area contributed by atoms with Gasteiger partial charge in [0.2, 0.25) is 0 Å². The number of halogens is 2. The van der Waals surface area contributed by atoms with Gasteiger partial charge in [-0.2, -0.15) is 0 Å². The Morgan fingerprint density at radius 3 is 2.89 bits per heavy atom. The van der Waals surface area contributed by atoms with Gasteiger partial charge in [-0.15, -0.1) is 0 Å². The minimum Gasteiger partial charge on any atom is -0.395 e. The number of aliphatic hydroxyl groups is 1. The first-order valence-electron chi connectivity index (χ1n) is 6.07. The van der Waals surface area contributed by atoms with Gasteiger partial charge in [0.1, 0.15) is 5.82 Å². The van der Waals surface area contributed by atoms with Crippen LogP contribution in [0.3, 0.4) is 0 Å². The minimum atomic E-state index is -0.382. The van der Waals surface area contributed by atoms with Gasteiger partial charge in [-0.05, 0) is 24.7 Å². The molecular weight excluding hydrogens is 255 g/mol. The molecule has 0 unspecified atom stereocenters. The highest BCUT2D eigenvalue weighted by molar-refractivity contribution is 6.30. The van der Waals surface area contributed by atoms with E-state index in [1.54, 1.807) is 12.1 Å². The third kappa shape index (κ3) is 3.20. The highest BCUT2D eigenvalue weighted by atomic mass is 35.5. The molecule has 100 valence electrons. The van der Waals surface area contributed by atoms with E-state index in [9.17, 15) is 9.50 Å². The molecule has 18 heavy (non-hydrogen) atoms. The molecule has 1 atom stereocenters. The Morgan fingerprint density at radius 2 is 2.22 bits per heavy atom. The van der Waals surface area contributed by atoms with Gasteiger partial charge in [-0.25, -0.2) is 4.39 Å². The first-order chi connectivity index (χ1) is 8.60. The van der Waals surface area contributed by atoms with Crippen molar-refractivity contribution >= 4 is 11.6 Å². The minimum absolute atomic E-state index is 0.164. The molecule has 1 fully saturated rings. The lowest BCUT2D eigenvalue weighted by molar-refractivity contribution is 0.0540. The summed E-state index contributed by atoms with van der Waals surface area (Å²) >= 11 is 5.77. The first-order valence-corrected chi connectivity index (χ1v) is 6.45. The van der Waals surface area contributed by atoms with Gasteiger partial charge in [0, 0.05) is 32.2 Å². The molecule has 0 radical (unpaired) electrons. The largest absolute Gasteiger partial charge is 0.395 e. The van der Waals surface area contributed by atoms with E-state index in [4.69, 9.17) is 11.6 Å². The smallest absolute Gasteiger partial charge is 0.141 e. The summed E-state index contributed by atoms with van der Waals surface area (Å²) in [4.78, 5) is 4.42. The molecule has 1 aromatic carbocycles. The molecular formula is C13H18ClFN2O. The van der Waals surface area contributed by atoms with Gasteiger partial charge >= 0.3 is 0 Å².